The van der Waals surface area contributed by atoms with Crippen LogP contribution in [-0.4, -0.2) is 31.2 Å². The molecule has 0 aromatic rings. The Balaban J connectivity index is 2.32. The SMILES string of the molecule is CCC1(N2CCCC2)CCCC[Si]1(CC)CC. The molecule has 0 aliphatic carbocycles. The molecule has 0 radical (unpaired) electrons. The van der Waals surface area contributed by atoms with E-state index in [2.05, 4.69) is 25.7 Å². The molecule has 2 aliphatic rings. The van der Waals surface area contributed by atoms with Gasteiger partial charge in [-0.3, -0.25) is 0 Å². The van der Waals surface area contributed by atoms with E-state index in [1.807, 2.05) is 0 Å². The van der Waals surface area contributed by atoms with Gasteiger partial charge >= 0.3 is 0 Å². The summed E-state index contributed by atoms with van der Waals surface area (Å²) in [5.74, 6) is 0. The molecule has 1 nitrogen and oxygen atoms in total. The van der Waals surface area contributed by atoms with Crippen LogP contribution in [0.2, 0.25) is 18.1 Å². The van der Waals surface area contributed by atoms with Gasteiger partial charge in [-0.2, -0.15) is 0 Å². The molecule has 0 aromatic carbocycles. The van der Waals surface area contributed by atoms with E-state index in [1.165, 1.54) is 63.7 Å². The van der Waals surface area contributed by atoms with Crippen LogP contribution in [0.1, 0.15) is 59.3 Å². The van der Waals surface area contributed by atoms with Crippen molar-refractivity contribution in [2.45, 2.75) is 82.6 Å². The van der Waals surface area contributed by atoms with Gasteiger partial charge in [0.25, 0.3) is 0 Å². The number of nitrogens with zero attached hydrogens (tertiary/aromatic N) is 1. The van der Waals surface area contributed by atoms with E-state index < -0.39 is 8.07 Å². The second-order valence-electron chi connectivity index (χ2n) is 6.27. The van der Waals surface area contributed by atoms with E-state index in [4.69, 9.17) is 0 Å². The van der Waals surface area contributed by atoms with E-state index in [1.54, 1.807) is 6.04 Å². The molecule has 2 heteroatoms. The average molecular weight is 254 g/mol. The predicted octanol–water partition coefficient (Wildman–Crippen LogP) is 4.44. The van der Waals surface area contributed by atoms with Crippen molar-refractivity contribution in [2.24, 2.45) is 0 Å². The molecule has 2 saturated heterocycles. The summed E-state index contributed by atoms with van der Waals surface area (Å²) in [5, 5.41) is 0.686. The van der Waals surface area contributed by atoms with Gasteiger partial charge in [-0.1, -0.05) is 51.7 Å². The fourth-order valence-electron chi connectivity index (χ4n) is 5.05. The lowest BCUT2D eigenvalue weighted by molar-refractivity contribution is 0.157. The van der Waals surface area contributed by atoms with E-state index in [-0.39, 0.29) is 0 Å². The molecule has 0 aromatic heterocycles. The smallest absolute Gasteiger partial charge is 0.0763 e. The summed E-state index contributed by atoms with van der Waals surface area (Å²) in [6.07, 6.45) is 8.90. The second kappa shape index (κ2) is 5.44. The summed E-state index contributed by atoms with van der Waals surface area (Å²) in [6.45, 7) is 10.3. The van der Waals surface area contributed by atoms with Crippen molar-refractivity contribution < 1.29 is 0 Å². The van der Waals surface area contributed by atoms with E-state index in [0.29, 0.717) is 5.16 Å². The van der Waals surface area contributed by atoms with Crippen molar-refractivity contribution >= 4 is 8.07 Å². The lowest BCUT2D eigenvalue weighted by atomic mass is 10.0. The molecule has 1 unspecified atom stereocenters. The van der Waals surface area contributed by atoms with Crippen LogP contribution in [0.3, 0.4) is 0 Å². The molecular formula is C15H31NSi. The lowest BCUT2D eigenvalue weighted by Gasteiger charge is -2.57. The van der Waals surface area contributed by atoms with Crippen LogP contribution in [0.15, 0.2) is 0 Å². The summed E-state index contributed by atoms with van der Waals surface area (Å²) in [6, 6.07) is 4.66. The third-order valence-electron chi connectivity index (χ3n) is 6.13. The Labute approximate surface area is 109 Å². The molecule has 2 aliphatic heterocycles. The summed E-state index contributed by atoms with van der Waals surface area (Å²) < 4.78 is 0. The first-order valence-corrected chi connectivity index (χ1v) is 10.6. The summed E-state index contributed by atoms with van der Waals surface area (Å²) in [7, 11) is -1.05. The summed E-state index contributed by atoms with van der Waals surface area (Å²) in [4.78, 5) is 2.95. The molecule has 0 N–H and O–H groups in total. The second-order valence-corrected chi connectivity index (χ2v) is 11.7. The van der Waals surface area contributed by atoms with Crippen LogP contribution >= 0.6 is 0 Å². The fourth-order valence-corrected chi connectivity index (χ4v) is 11.3. The minimum atomic E-state index is -1.05. The van der Waals surface area contributed by atoms with Crippen molar-refractivity contribution in [3.8, 4) is 0 Å². The van der Waals surface area contributed by atoms with E-state index >= 15 is 0 Å². The molecule has 2 rings (SSSR count). The lowest BCUT2D eigenvalue weighted by Crippen LogP contribution is -2.67. The molecular weight excluding hydrogens is 222 g/mol. The summed E-state index contributed by atoms with van der Waals surface area (Å²) in [5.41, 5.74) is 0. The molecule has 2 fully saturated rings. The highest BCUT2D eigenvalue weighted by molar-refractivity contribution is 6.82. The predicted molar refractivity (Wildman–Crippen MR) is 79.2 cm³/mol. The zero-order valence-electron chi connectivity index (χ0n) is 12.2. The maximum absolute atomic E-state index is 2.95. The van der Waals surface area contributed by atoms with Crippen molar-refractivity contribution in [2.75, 3.05) is 13.1 Å². The van der Waals surface area contributed by atoms with Crippen LogP contribution in [0.25, 0.3) is 0 Å². The van der Waals surface area contributed by atoms with Gasteiger partial charge in [-0.25, -0.2) is 0 Å². The van der Waals surface area contributed by atoms with Gasteiger partial charge in [0.05, 0.1) is 8.07 Å². The minimum absolute atomic E-state index is 0.686. The first-order valence-electron chi connectivity index (χ1n) is 8.00. The van der Waals surface area contributed by atoms with E-state index in [0.717, 1.165) is 0 Å². The Morgan fingerprint density at radius 1 is 0.941 bits per heavy atom. The highest BCUT2D eigenvalue weighted by Gasteiger charge is 2.54. The van der Waals surface area contributed by atoms with Crippen LogP contribution < -0.4 is 0 Å². The topological polar surface area (TPSA) is 3.24 Å². The molecule has 0 spiro atoms. The summed E-state index contributed by atoms with van der Waals surface area (Å²) >= 11 is 0. The molecule has 0 bridgehead atoms. The minimum Gasteiger partial charge on any atom is -0.300 e. The quantitative estimate of drug-likeness (QED) is 0.669. The average Bonchev–Trinajstić information content (AvgIpc) is 2.92. The standard InChI is InChI=1S/C15H31NSi/c1-4-15(16-12-8-9-13-16)11-7-10-14-17(15,5-2)6-3/h4-14H2,1-3H3. The number of likely N-dealkylation sites (tertiary alicyclic amines) is 1. The first-order chi connectivity index (χ1) is 8.24. The van der Waals surface area contributed by atoms with Crippen LogP contribution in [0.4, 0.5) is 0 Å². The maximum Gasteiger partial charge on any atom is 0.0763 e. The third-order valence-corrected chi connectivity index (χ3v) is 13.0. The molecule has 1 atom stereocenters. The first kappa shape index (κ1) is 13.6. The van der Waals surface area contributed by atoms with Gasteiger partial charge in [0.2, 0.25) is 0 Å². The zero-order valence-corrected chi connectivity index (χ0v) is 13.2. The van der Waals surface area contributed by atoms with Crippen LogP contribution in [-0.2, 0) is 0 Å². The van der Waals surface area contributed by atoms with Crippen molar-refractivity contribution in [3.05, 3.63) is 0 Å². The molecule has 2 heterocycles. The number of hydrogen-bond acceptors (Lipinski definition) is 1. The Bertz CT molecular complexity index is 243. The van der Waals surface area contributed by atoms with Crippen LogP contribution in [0.5, 0.6) is 0 Å². The molecule has 17 heavy (non-hydrogen) atoms. The third kappa shape index (κ3) is 2.01. The maximum atomic E-state index is 2.95. The van der Waals surface area contributed by atoms with Gasteiger partial charge in [0.15, 0.2) is 0 Å². The van der Waals surface area contributed by atoms with Crippen molar-refractivity contribution in [3.63, 3.8) is 0 Å². The Kier molecular flexibility index (Phi) is 4.35. The zero-order chi connectivity index (χ0) is 12.4. The normalized spacial score (nSPS) is 34.1. The van der Waals surface area contributed by atoms with Crippen LogP contribution in [0, 0.1) is 0 Å². The largest absolute Gasteiger partial charge is 0.300 e. The highest BCUT2D eigenvalue weighted by atomic mass is 28.3. The van der Waals surface area contributed by atoms with Gasteiger partial charge in [0, 0.05) is 5.16 Å². The van der Waals surface area contributed by atoms with Gasteiger partial charge < -0.3 is 4.90 Å². The monoisotopic (exact) mass is 253 g/mol. The number of hydrogen-bond donors (Lipinski definition) is 0. The highest BCUT2D eigenvalue weighted by Crippen LogP contribution is 2.48. The Morgan fingerprint density at radius 3 is 2.12 bits per heavy atom. The van der Waals surface area contributed by atoms with Gasteiger partial charge in [-0.05, 0) is 38.8 Å². The number of rotatable bonds is 4. The Morgan fingerprint density at radius 2 is 1.59 bits per heavy atom. The van der Waals surface area contributed by atoms with E-state index in [9.17, 15) is 0 Å². The fraction of sp³-hybridized carbons (Fsp3) is 1.00. The van der Waals surface area contributed by atoms with Crippen molar-refractivity contribution in [1.82, 2.24) is 4.90 Å². The van der Waals surface area contributed by atoms with Crippen molar-refractivity contribution in [1.29, 1.82) is 0 Å². The Hall–Kier alpha value is 0.177. The molecule has 0 saturated carbocycles. The van der Waals surface area contributed by atoms with Gasteiger partial charge in [0.1, 0.15) is 0 Å². The molecule has 0 amide bonds. The van der Waals surface area contributed by atoms with Gasteiger partial charge in [-0.15, -0.1) is 0 Å². The molecule has 100 valence electrons.